The molecule has 0 aliphatic rings. The van der Waals surface area contributed by atoms with Gasteiger partial charge in [0.25, 0.3) is 0 Å². The second kappa shape index (κ2) is 6.47. The van der Waals surface area contributed by atoms with Gasteiger partial charge in [-0.3, -0.25) is 4.79 Å². The molecular weight excluding hydrogens is 242 g/mol. The van der Waals surface area contributed by atoms with E-state index in [9.17, 15) is 9.90 Å². The van der Waals surface area contributed by atoms with Gasteiger partial charge in [-0.2, -0.15) is 0 Å². The Kier molecular flexibility index (Phi) is 5.99. The van der Waals surface area contributed by atoms with Crippen molar-refractivity contribution in [1.82, 2.24) is 0 Å². The van der Waals surface area contributed by atoms with E-state index in [-0.39, 0.29) is 18.2 Å². The first-order chi connectivity index (χ1) is 7.45. The summed E-state index contributed by atoms with van der Waals surface area (Å²) in [5.74, 6) is -0.140. The maximum atomic E-state index is 11.2. The molecule has 0 bridgehead atoms. The number of hydrogen-bond acceptors (Lipinski definition) is 4. The normalized spacial score (nSPS) is 11.5. The maximum Gasteiger partial charge on any atom is 0.322 e. The van der Waals surface area contributed by atoms with Gasteiger partial charge in [-0.1, -0.05) is 12.1 Å². The van der Waals surface area contributed by atoms with Crippen molar-refractivity contribution >= 4 is 18.4 Å². The molecule has 0 heterocycles. The quantitative estimate of drug-likeness (QED) is 0.807. The van der Waals surface area contributed by atoms with Crippen molar-refractivity contribution in [3.8, 4) is 5.75 Å². The van der Waals surface area contributed by atoms with E-state index in [1.54, 1.807) is 0 Å². The summed E-state index contributed by atoms with van der Waals surface area (Å²) < 4.78 is 4.56. The number of nitrogens with two attached hydrogens (primary N) is 1. The number of esters is 1. The summed E-state index contributed by atoms with van der Waals surface area (Å²) in [5.41, 5.74) is 8.15. The predicted molar refractivity (Wildman–Crippen MR) is 68.5 cm³/mol. The van der Waals surface area contributed by atoms with Gasteiger partial charge >= 0.3 is 5.97 Å². The number of aromatic hydroxyl groups is 1. The van der Waals surface area contributed by atoms with E-state index in [4.69, 9.17) is 5.73 Å². The molecule has 3 N–H and O–H groups in total. The molecule has 96 valence electrons. The average molecular weight is 260 g/mol. The third-order valence-electron chi connectivity index (χ3n) is 2.51. The molecule has 1 aromatic carbocycles. The van der Waals surface area contributed by atoms with Crippen LogP contribution in [0.25, 0.3) is 0 Å². The molecule has 0 aromatic heterocycles. The summed E-state index contributed by atoms with van der Waals surface area (Å²) in [4.78, 5) is 11.2. The Morgan fingerprint density at radius 2 is 1.88 bits per heavy atom. The second-order valence-corrected chi connectivity index (χ2v) is 3.91. The van der Waals surface area contributed by atoms with Gasteiger partial charge < -0.3 is 15.6 Å². The molecule has 1 atom stereocenters. The number of rotatable bonds is 3. The molecule has 0 saturated carbocycles. The van der Waals surface area contributed by atoms with Crippen LogP contribution in [0.2, 0.25) is 0 Å². The Labute approximate surface area is 107 Å². The number of methoxy groups -OCH3 is 1. The van der Waals surface area contributed by atoms with E-state index >= 15 is 0 Å². The van der Waals surface area contributed by atoms with Crippen molar-refractivity contribution in [2.24, 2.45) is 5.73 Å². The van der Waals surface area contributed by atoms with Gasteiger partial charge in [0.2, 0.25) is 0 Å². The number of carbonyl (C=O) groups excluding carboxylic acids is 1. The lowest BCUT2D eigenvalue weighted by Crippen LogP contribution is -2.33. The number of phenolic OH excluding ortho intramolecular Hbond substituents is 1. The molecule has 0 spiro atoms. The fourth-order valence-corrected chi connectivity index (χ4v) is 1.65. The maximum absolute atomic E-state index is 11.2. The Morgan fingerprint density at radius 3 is 2.29 bits per heavy atom. The molecule has 1 unspecified atom stereocenters. The zero-order valence-corrected chi connectivity index (χ0v) is 11.0. The Morgan fingerprint density at radius 1 is 1.41 bits per heavy atom. The van der Waals surface area contributed by atoms with Crippen LogP contribution in [0.3, 0.4) is 0 Å². The Bertz CT molecular complexity index is 384. The number of aryl methyl sites for hydroxylation is 2. The molecule has 1 rings (SSSR count). The highest BCUT2D eigenvalue weighted by atomic mass is 35.5. The van der Waals surface area contributed by atoms with Crippen LogP contribution in [0.4, 0.5) is 0 Å². The van der Waals surface area contributed by atoms with Crippen molar-refractivity contribution in [3.05, 3.63) is 28.8 Å². The van der Waals surface area contributed by atoms with Gasteiger partial charge in [-0.25, -0.2) is 0 Å². The smallest absolute Gasteiger partial charge is 0.322 e. The van der Waals surface area contributed by atoms with Crippen LogP contribution in [0, 0.1) is 13.8 Å². The highest BCUT2D eigenvalue weighted by Crippen LogP contribution is 2.23. The summed E-state index contributed by atoms with van der Waals surface area (Å²) >= 11 is 0. The van der Waals surface area contributed by atoms with Crippen LogP contribution in [0.15, 0.2) is 12.1 Å². The third-order valence-corrected chi connectivity index (χ3v) is 2.51. The highest BCUT2D eigenvalue weighted by molar-refractivity contribution is 5.85. The number of halogens is 1. The first kappa shape index (κ1) is 15.7. The lowest BCUT2D eigenvalue weighted by Gasteiger charge is -2.11. The van der Waals surface area contributed by atoms with Gasteiger partial charge in [0, 0.05) is 0 Å². The van der Waals surface area contributed by atoms with Crippen molar-refractivity contribution in [2.75, 3.05) is 7.11 Å². The van der Waals surface area contributed by atoms with Crippen molar-refractivity contribution < 1.29 is 14.6 Å². The molecule has 4 nitrogen and oxygen atoms in total. The minimum atomic E-state index is -0.659. The van der Waals surface area contributed by atoms with Gasteiger partial charge in [0.05, 0.1) is 7.11 Å². The number of carbonyl (C=O) groups is 1. The molecule has 0 aliphatic heterocycles. The molecule has 5 heteroatoms. The summed E-state index contributed by atoms with van der Waals surface area (Å²) in [6.45, 7) is 3.63. The lowest BCUT2D eigenvalue weighted by atomic mass is 10.0. The summed E-state index contributed by atoms with van der Waals surface area (Å²) in [7, 11) is 1.31. The van der Waals surface area contributed by atoms with Crippen molar-refractivity contribution in [1.29, 1.82) is 0 Å². The fourth-order valence-electron chi connectivity index (χ4n) is 1.65. The number of phenols is 1. The average Bonchev–Trinajstić information content (AvgIpc) is 2.24. The van der Waals surface area contributed by atoms with E-state index in [0.717, 1.165) is 16.7 Å². The second-order valence-electron chi connectivity index (χ2n) is 3.91. The molecule has 0 fully saturated rings. The molecule has 0 aliphatic carbocycles. The Hall–Kier alpha value is -1.26. The van der Waals surface area contributed by atoms with Gasteiger partial charge in [-0.15, -0.1) is 12.4 Å². The van der Waals surface area contributed by atoms with Crippen LogP contribution in [0.5, 0.6) is 5.75 Å². The zero-order valence-electron chi connectivity index (χ0n) is 10.2. The van der Waals surface area contributed by atoms with Gasteiger partial charge in [-0.05, 0) is 37.0 Å². The fraction of sp³-hybridized carbons (Fsp3) is 0.417. The zero-order chi connectivity index (χ0) is 12.3. The molecule has 17 heavy (non-hydrogen) atoms. The predicted octanol–water partition coefficient (Wildman–Crippen LogP) is 1.47. The standard InChI is InChI=1S/C12H17NO3.ClH/c1-7-4-9(5-8(2)11(7)14)6-10(13)12(15)16-3;/h4-5,10,14H,6,13H2,1-3H3;1H. The topological polar surface area (TPSA) is 72.5 Å². The number of hydrogen-bond donors (Lipinski definition) is 2. The van der Waals surface area contributed by atoms with E-state index in [2.05, 4.69) is 4.74 Å². The van der Waals surface area contributed by atoms with E-state index in [1.807, 2.05) is 26.0 Å². The van der Waals surface area contributed by atoms with E-state index in [0.29, 0.717) is 6.42 Å². The van der Waals surface area contributed by atoms with E-state index < -0.39 is 12.0 Å². The SMILES string of the molecule is COC(=O)C(N)Cc1cc(C)c(O)c(C)c1.Cl. The summed E-state index contributed by atoms with van der Waals surface area (Å²) in [5, 5.41) is 9.60. The van der Waals surface area contributed by atoms with Crippen LogP contribution in [-0.2, 0) is 16.0 Å². The largest absolute Gasteiger partial charge is 0.507 e. The first-order valence-corrected chi connectivity index (χ1v) is 5.08. The monoisotopic (exact) mass is 259 g/mol. The molecule has 0 saturated heterocycles. The first-order valence-electron chi connectivity index (χ1n) is 5.08. The van der Waals surface area contributed by atoms with Gasteiger partial charge in [0.15, 0.2) is 0 Å². The van der Waals surface area contributed by atoms with Crippen LogP contribution < -0.4 is 5.73 Å². The van der Waals surface area contributed by atoms with Crippen molar-refractivity contribution in [3.63, 3.8) is 0 Å². The van der Waals surface area contributed by atoms with Crippen LogP contribution in [-0.4, -0.2) is 24.2 Å². The Balaban J connectivity index is 0.00000256. The number of benzene rings is 1. The summed E-state index contributed by atoms with van der Waals surface area (Å²) in [6.07, 6.45) is 0.411. The third kappa shape index (κ3) is 3.91. The van der Waals surface area contributed by atoms with Crippen LogP contribution >= 0.6 is 12.4 Å². The molecular formula is C12H18ClNO3. The lowest BCUT2D eigenvalue weighted by molar-refractivity contribution is -0.142. The minimum Gasteiger partial charge on any atom is -0.507 e. The molecule has 0 amide bonds. The highest BCUT2D eigenvalue weighted by Gasteiger charge is 2.15. The summed E-state index contributed by atoms with van der Waals surface area (Å²) in [6, 6.07) is 2.99. The molecule has 0 radical (unpaired) electrons. The van der Waals surface area contributed by atoms with E-state index in [1.165, 1.54) is 7.11 Å². The number of ether oxygens (including phenoxy) is 1. The molecule has 1 aromatic rings. The van der Waals surface area contributed by atoms with Gasteiger partial charge in [0.1, 0.15) is 11.8 Å². The van der Waals surface area contributed by atoms with Crippen molar-refractivity contribution in [2.45, 2.75) is 26.3 Å². The minimum absolute atomic E-state index is 0. The van der Waals surface area contributed by atoms with Crippen LogP contribution in [0.1, 0.15) is 16.7 Å².